The Morgan fingerprint density at radius 2 is 1.76 bits per heavy atom. The van der Waals surface area contributed by atoms with Crippen LogP contribution in [-0.4, -0.2) is 35.3 Å². The van der Waals surface area contributed by atoms with Crippen molar-refractivity contribution in [2.24, 2.45) is 0 Å². The molecule has 0 radical (unpaired) electrons. The number of imide groups is 1. The SMILES string of the molecule is COc1ccc(C#CCN2C(=O)c3ccccc3C2=O)c([N+](=O)[O-])c1. The van der Waals surface area contributed by atoms with Crippen LogP contribution < -0.4 is 4.74 Å². The van der Waals surface area contributed by atoms with Crippen molar-refractivity contribution in [1.82, 2.24) is 4.90 Å². The Kier molecular flexibility index (Phi) is 4.18. The Bertz CT molecular complexity index is 920. The quantitative estimate of drug-likeness (QED) is 0.371. The summed E-state index contributed by atoms with van der Waals surface area (Å²) in [4.78, 5) is 36.0. The maximum absolute atomic E-state index is 12.2. The summed E-state index contributed by atoms with van der Waals surface area (Å²) in [5.74, 6) is 4.82. The monoisotopic (exact) mass is 336 g/mol. The third-order valence-corrected chi connectivity index (χ3v) is 3.74. The predicted octanol–water partition coefficient (Wildman–Crippen LogP) is 2.25. The van der Waals surface area contributed by atoms with E-state index in [1.165, 1.54) is 19.2 Å². The van der Waals surface area contributed by atoms with E-state index in [1.54, 1.807) is 30.3 Å². The van der Waals surface area contributed by atoms with Crippen LogP contribution in [0.15, 0.2) is 42.5 Å². The van der Waals surface area contributed by atoms with Crippen molar-refractivity contribution in [1.29, 1.82) is 0 Å². The van der Waals surface area contributed by atoms with Crippen LogP contribution in [0, 0.1) is 22.0 Å². The predicted molar refractivity (Wildman–Crippen MR) is 88.3 cm³/mol. The zero-order chi connectivity index (χ0) is 18.0. The number of fused-ring (bicyclic) bond motifs is 1. The lowest BCUT2D eigenvalue weighted by Crippen LogP contribution is -2.30. The Hall–Kier alpha value is -3.66. The molecule has 0 saturated carbocycles. The van der Waals surface area contributed by atoms with Crippen molar-refractivity contribution in [2.45, 2.75) is 0 Å². The van der Waals surface area contributed by atoms with Crippen LogP contribution in [0.5, 0.6) is 5.75 Å². The second-order valence-corrected chi connectivity index (χ2v) is 5.18. The van der Waals surface area contributed by atoms with Gasteiger partial charge in [-0.15, -0.1) is 0 Å². The molecule has 1 aliphatic heterocycles. The van der Waals surface area contributed by atoms with E-state index in [9.17, 15) is 19.7 Å². The van der Waals surface area contributed by atoms with Gasteiger partial charge in [0.1, 0.15) is 11.3 Å². The highest BCUT2D eigenvalue weighted by Crippen LogP contribution is 2.24. The number of ether oxygens (including phenoxy) is 1. The second kappa shape index (κ2) is 6.45. The minimum absolute atomic E-state index is 0.143. The molecule has 0 fully saturated rings. The maximum Gasteiger partial charge on any atom is 0.288 e. The number of amides is 2. The van der Waals surface area contributed by atoms with Crippen LogP contribution in [-0.2, 0) is 0 Å². The lowest BCUT2D eigenvalue weighted by Gasteiger charge is -2.08. The Morgan fingerprint density at radius 1 is 1.12 bits per heavy atom. The van der Waals surface area contributed by atoms with Crippen molar-refractivity contribution in [3.05, 3.63) is 69.3 Å². The van der Waals surface area contributed by atoms with Gasteiger partial charge in [-0.3, -0.25) is 24.6 Å². The molecule has 0 unspecified atom stereocenters. The van der Waals surface area contributed by atoms with E-state index >= 15 is 0 Å². The molecular weight excluding hydrogens is 324 g/mol. The summed E-state index contributed by atoms with van der Waals surface area (Å²) >= 11 is 0. The van der Waals surface area contributed by atoms with Gasteiger partial charge in [0, 0.05) is 0 Å². The molecule has 0 aliphatic carbocycles. The molecule has 0 saturated heterocycles. The molecule has 0 N–H and O–H groups in total. The van der Waals surface area contributed by atoms with E-state index in [-0.39, 0.29) is 17.8 Å². The average Bonchev–Trinajstić information content (AvgIpc) is 2.87. The molecule has 7 heteroatoms. The van der Waals surface area contributed by atoms with Gasteiger partial charge in [0.2, 0.25) is 0 Å². The first-order valence-electron chi connectivity index (χ1n) is 7.29. The Balaban J connectivity index is 1.84. The fraction of sp³-hybridized carbons (Fsp3) is 0.111. The zero-order valence-corrected chi connectivity index (χ0v) is 13.2. The number of carbonyl (C=O) groups is 2. The molecule has 0 aromatic heterocycles. The number of nitro groups is 1. The number of hydrogen-bond acceptors (Lipinski definition) is 5. The largest absolute Gasteiger partial charge is 0.497 e. The van der Waals surface area contributed by atoms with Crippen LogP contribution in [0.3, 0.4) is 0 Å². The number of benzene rings is 2. The first kappa shape index (κ1) is 16.2. The van der Waals surface area contributed by atoms with Crippen molar-refractivity contribution in [3.8, 4) is 17.6 Å². The number of rotatable bonds is 3. The van der Waals surface area contributed by atoms with Crippen molar-refractivity contribution in [3.63, 3.8) is 0 Å². The third kappa shape index (κ3) is 2.93. The molecule has 0 spiro atoms. The maximum atomic E-state index is 12.2. The molecule has 1 aliphatic rings. The van der Waals surface area contributed by atoms with E-state index in [0.717, 1.165) is 4.90 Å². The molecule has 1 heterocycles. The molecule has 7 nitrogen and oxygen atoms in total. The number of nitro benzene ring substituents is 1. The molecule has 124 valence electrons. The van der Waals surface area contributed by atoms with Gasteiger partial charge in [-0.25, -0.2) is 0 Å². The second-order valence-electron chi connectivity index (χ2n) is 5.18. The van der Waals surface area contributed by atoms with E-state index in [4.69, 9.17) is 4.74 Å². The average molecular weight is 336 g/mol. The van der Waals surface area contributed by atoms with Gasteiger partial charge in [0.15, 0.2) is 0 Å². The number of hydrogen-bond donors (Lipinski definition) is 0. The highest BCUT2D eigenvalue weighted by Gasteiger charge is 2.34. The summed E-state index contributed by atoms with van der Waals surface area (Å²) in [5.41, 5.74) is 0.658. The van der Waals surface area contributed by atoms with E-state index < -0.39 is 16.7 Å². The molecule has 2 aromatic rings. The normalized spacial score (nSPS) is 12.4. The van der Waals surface area contributed by atoms with Gasteiger partial charge in [-0.2, -0.15) is 0 Å². The van der Waals surface area contributed by atoms with Crippen LogP contribution in [0.1, 0.15) is 26.3 Å². The van der Waals surface area contributed by atoms with Crippen molar-refractivity contribution >= 4 is 17.5 Å². The third-order valence-electron chi connectivity index (χ3n) is 3.74. The van der Waals surface area contributed by atoms with Gasteiger partial charge in [0.25, 0.3) is 17.5 Å². The first-order chi connectivity index (χ1) is 12.0. The van der Waals surface area contributed by atoms with Gasteiger partial charge in [-0.1, -0.05) is 24.0 Å². The fourth-order valence-corrected chi connectivity index (χ4v) is 2.49. The van der Waals surface area contributed by atoms with Gasteiger partial charge in [-0.05, 0) is 24.3 Å². The Morgan fingerprint density at radius 3 is 2.32 bits per heavy atom. The minimum Gasteiger partial charge on any atom is -0.497 e. The summed E-state index contributed by atoms with van der Waals surface area (Å²) in [6.45, 7) is -0.143. The fourth-order valence-electron chi connectivity index (χ4n) is 2.49. The molecule has 25 heavy (non-hydrogen) atoms. The zero-order valence-electron chi connectivity index (χ0n) is 13.2. The highest BCUT2D eigenvalue weighted by molar-refractivity contribution is 6.21. The van der Waals surface area contributed by atoms with E-state index in [1.807, 2.05) is 0 Å². The standard InChI is InChI=1S/C18H12N2O5/c1-25-13-9-8-12(16(11-13)20(23)24)5-4-10-19-17(21)14-6-2-3-7-15(14)18(19)22/h2-3,6-9,11H,10H2,1H3. The Labute approximate surface area is 143 Å². The molecule has 2 aromatic carbocycles. The van der Waals surface area contributed by atoms with E-state index in [2.05, 4.69) is 11.8 Å². The number of carbonyl (C=O) groups excluding carboxylic acids is 2. The molecule has 3 rings (SSSR count). The van der Waals surface area contributed by atoms with Crippen LogP contribution in [0.25, 0.3) is 0 Å². The smallest absolute Gasteiger partial charge is 0.288 e. The lowest BCUT2D eigenvalue weighted by molar-refractivity contribution is -0.385. The van der Waals surface area contributed by atoms with Gasteiger partial charge in [0.05, 0.1) is 35.8 Å². The van der Waals surface area contributed by atoms with Crippen LogP contribution in [0.2, 0.25) is 0 Å². The minimum atomic E-state index is -0.561. The summed E-state index contributed by atoms with van der Waals surface area (Å²) in [5, 5.41) is 11.1. The van der Waals surface area contributed by atoms with Crippen molar-refractivity contribution in [2.75, 3.05) is 13.7 Å². The number of nitrogens with zero attached hydrogens (tertiary/aromatic N) is 2. The summed E-state index contributed by atoms with van der Waals surface area (Å²) in [6.07, 6.45) is 0. The first-order valence-corrected chi connectivity index (χ1v) is 7.29. The van der Waals surface area contributed by atoms with Gasteiger partial charge < -0.3 is 4.74 Å². The topological polar surface area (TPSA) is 89.8 Å². The summed E-state index contributed by atoms with van der Waals surface area (Å²) in [7, 11) is 1.41. The van der Waals surface area contributed by atoms with Crippen LogP contribution in [0.4, 0.5) is 5.69 Å². The van der Waals surface area contributed by atoms with Gasteiger partial charge >= 0.3 is 0 Å². The van der Waals surface area contributed by atoms with E-state index in [0.29, 0.717) is 16.9 Å². The molecule has 0 bridgehead atoms. The lowest BCUT2D eigenvalue weighted by atomic mass is 10.1. The number of methoxy groups -OCH3 is 1. The summed E-state index contributed by atoms with van der Waals surface area (Å²) in [6, 6.07) is 10.8. The molecule has 2 amide bonds. The highest BCUT2D eigenvalue weighted by atomic mass is 16.6. The van der Waals surface area contributed by atoms with Crippen LogP contribution >= 0.6 is 0 Å². The summed E-state index contributed by atoms with van der Waals surface area (Å²) < 4.78 is 4.96. The molecule has 0 atom stereocenters. The van der Waals surface area contributed by atoms with Crippen molar-refractivity contribution < 1.29 is 19.2 Å². The molecular formula is C18H12N2O5.